The third-order valence-electron chi connectivity index (χ3n) is 5.26. The summed E-state index contributed by atoms with van der Waals surface area (Å²) in [6, 6.07) is 2.11. The summed E-state index contributed by atoms with van der Waals surface area (Å²) in [5, 5.41) is 10.8. The number of aliphatic hydroxyl groups is 1. The van der Waals surface area contributed by atoms with Gasteiger partial charge >= 0.3 is 0 Å². The molecule has 0 aromatic carbocycles. The van der Waals surface area contributed by atoms with Crippen molar-refractivity contribution in [1.29, 1.82) is 0 Å². The average molecular weight is 260 g/mol. The predicted molar refractivity (Wildman–Crippen MR) is 77.3 cm³/mol. The molecule has 1 saturated carbocycles. The molecule has 2 fully saturated rings. The molecule has 3 atom stereocenters. The number of rotatable bonds is 2. The summed E-state index contributed by atoms with van der Waals surface area (Å²) in [5.41, 5.74) is 2.10. The van der Waals surface area contributed by atoms with Crippen molar-refractivity contribution in [3.63, 3.8) is 0 Å². The van der Waals surface area contributed by atoms with E-state index in [1.54, 1.807) is 0 Å². The summed E-state index contributed by atoms with van der Waals surface area (Å²) in [5.74, 6) is 1.10. The Balaban J connectivity index is 1.84. The van der Waals surface area contributed by atoms with E-state index in [9.17, 15) is 5.11 Å². The fourth-order valence-electron chi connectivity index (χ4n) is 4.08. The van der Waals surface area contributed by atoms with Gasteiger partial charge in [-0.05, 0) is 43.7 Å². The summed E-state index contributed by atoms with van der Waals surface area (Å²) >= 11 is 0. The lowest BCUT2D eigenvalue weighted by atomic mass is 9.69. The number of hydrogen-bond acceptors (Lipinski definition) is 3. The minimum atomic E-state index is -0.432. The van der Waals surface area contributed by atoms with E-state index in [1.807, 2.05) is 12.4 Å². The molecule has 2 heterocycles. The first-order chi connectivity index (χ1) is 9.14. The maximum Gasteiger partial charge on any atom is 0.0693 e. The Labute approximate surface area is 115 Å². The van der Waals surface area contributed by atoms with Gasteiger partial charge in [-0.2, -0.15) is 0 Å². The maximum absolute atomic E-state index is 10.8. The van der Waals surface area contributed by atoms with Crippen LogP contribution in [0.4, 0.5) is 5.69 Å². The van der Waals surface area contributed by atoms with Gasteiger partial charge in [0, 0.05) is 37.1 Å². The second kappa shape index (κ2) is 4.78. The van der Waals surface area contributed by atoms with Crippen molar-refractivity contribution in [3.8, 4) is 0 Å². The van der Waals surface area contributed by atoms with Gasteiger partial charge in [0.05, 0.1) is 5.60 Å². The van der Waals surface area contributed by atoms with Gasteiger partial charge < -0.3 is 10.0 Å². The molecule has 1 aliphatic heterocycles. The third kappa shape index (κ3) is 2.14. The second-order valence-corrected chi connectivity index (χ2v) is 6.28. The van der Waals surface area contributed by atoms with Crippen LogP contribution in [0.15, 0.2) is 18.5 Å². The van der Waals surface area contributed by atoms with Crippen LogP contribution in [0.1, 0.15) is 38.2 Å². The largest absolute Gasteiger partial charge is 0.390 e. The first-order valence-electron chi connectivity index (χ1n) is 7.52. The number of anilines is 1. The van der Waals surface area contributed by atoms with Gasteiger partial charge in [-0.25, -0.2) is 0 Å². The quantitative estimate of drug-likeness (QED) is 0.888. The van der Waals surface area contributed by atoms with E-state index in [0.717, 1.165) is 25.9 Å². The minimum absolute atomic E-state index is 0.432. The minimum Gasteiger partial charge on any atom is -0.390 e. The van der Waals surface area contributed by atoms with Gasteiger partial charge in [0.2, 0.25) is 0 Å². The molecule has 1 aliphatic carbocycles. The van der Waals surface area contributed by atoms with Crippen LogP contribution < -0.4 is 4.90 Å². The standard InChI is InChI=1S/C16H24N2O/c1-3-16(19)7-4-5-13-10-18(11-14(13)16)15-6-8-17-9-12(15)2/h6,8-9,13-14,19H,3-5,7,10-11H2,1-2H3/t13-,14+,16-/m1/s1. The number of nitrogens with zero attached hydrogens (tertiary/aromatic N) is 2. The average Bonchev–Trinajstić information content (AvgIpc) is 2.85. The van der Waals surface area contributed by atoms with Gasteiger partial charge in [0.25, 0.3) is 0 Å². The topological polar surface area (TPSA) is 36.4 Å². The van der Waals surface area contributed by atoms with Crippen LogP contribution >= 0.6 is 0 Å². The van der Waals surface area contributed by atoms with Gasteiger partial charge in [0.1, 0.15) is 0 Å². The van der Waals surface area contributed by atoms with Crippen molar-refractivity contribution in [3.05, 3.63) is 24.0 Å². The highest BCUT2D eigenvalue weighted by molar-refractivity contribution is 5.52. The lowest BCUT2D eigenvalue weighted by molar-refractivity contribution is -0.0597. The number of aryl methyl sites for hydroxylation is 1. The number of aromatic nitrogens is 1. The first-order valence-corrected chi connectivity index (χ1v) is 7.52. The maximum atomic E-state index is 10.8. The Morgan fingerprint density at radius 3 is 3.05 bits per heavy atom. The van der Waals surface area contributed by atoms with Gasteiger partial charge in [-0.15, -0.1) is 0 Å². The third-order valence-corrected chi connectivity index (χ3v) is 5.26. The Hall–Kier alpha value is -1.09. The van der Waals surface area contributed by atoms with Crippen LogP contribution in [-0.2, 0) is 0 Å². The van der Waals surface area contributed by atoms with Crippen molar-refractivity contribution in [1.82, 2.24) is 4.98 Å². The van der Waals surface area contributed by atoms with Crippen molar-refractivity contribution in [2.75, 3.05) is 18.0 Å². The lowest BCUT2D eigenvalue weighted by Gasteiger charge is -2.40. The van der Waals surface area contributed by atoms with E-state index >= 15 is 0 Å². The summed E-state index contributed by atoms with van der Waals surface area (Å²) in [7, 11) is 0. The van der Waals surface area contributed by atoms with Crippen LogP contribution in [0.3, 0.4) is 0 Å². The molecule has 104 valence electrons. The molecular weight excluding hydrogens is 236 g/mol. The molecule has 0 radical (unpaired) electrons. The van der Waals surface area contributed by atoms with Crippen LogP contribution in [0.25, 0.3) is 0 Å². The molecule has 0 bridgehead atoms. The second-order valence-electron chi connectivity index (χ2n) is 6.28. The number of pyridine rings is 1. The van der Waals surface area contributed by atoms with E-state index in [2.05, 4.69) is 29.8 Å². The molecule has 0 amide bonds. The SMILES string of the molecule is CC[C@@]1(O)CCC[C@@H]2CN(c3ccncc3C)C[C@@H]21. The van der Waals surface area contributed by atoms with Crippen molar-refractivity contribution in [2.24, 2.45) is 11.8 Å². The summed E-state index contributed by atoms with van der Waals surface area (Å²) in [4.78, 5) is 6.63. The number of fused-ring (bicyclic) bond motifs is 1. The predicted octanol–water partition coefficient (Wildman–Crippen LogP) is 2.77. The molecule has 19 heavy (non-hydrogen) atoms. The van der Waals surface area contributed by atoms with Crippen molar-refractivity contribution in [2.45, 2.75) is 45.1 Å². The van der Waals surface area contributed by atoms with E-state index in [0.29, 0.717) is 11.8 Å². The monoisotopic (exact) mass is 260 g/mol. The highest BCUT2D eigenvalue weighted by Gasteiger charge is 2.47. The molecule has 1 aromatic rings. The lowest BCUT2D eigenvalue weighted by Crippen LogP contribution is -2.44. The normalized spacial score (nSPS) is 34.4. The zero-order chi connectivity index (χ0) is 13.5. The molecule has 1 N–H and O–H groups in total. The van der Waals surface area contributed by atoms with Gasteiger partial charge in [-0.3, -0.25) is 4.98 Å². The van der Waals surface area contributed by atoms with Crippen LogP contribution in [0.2, 0.25) is 0 Å². The van der Waals surface area contributed by atoms with Crippen molar-refractivity contribution >= 4 is 5.69 Å². The van der Waals surface area contributed by atoms with Crippen LogP contribution in [0, 0.1) is 18.8 Å². The van der Waals surface area contributed by atoms with Gasteiger partial charge in [0.15, 0.2) is 0 Å². The molecule has 2 aliphatic rings. The smallest absolute Gasteiger partial charge is 0.0693 e. The molecular formula is C16H24N2O. The van der Waals surface area contributed by atoms with Gasteiger partial charge in [-0.1, -0.05) is 13.3 Å². The Kier molecular flexibility index (Phi) is 3.25. The molecule has 0 spiro atoms. The highest BCUT2D eigenvalue weighted by atomic mass is 16.3. The summed E-state index contributed by atoms with van der Waals surface area (Å²) in [6.45, 7) is 6.34. The molecule has 3 rings (SSSR count). The fraction of sp³-hybridized carbons (Fsp3) is 0.688. The number of hydrogen-bond donors (Lipinski definition) is 1. The first kappa shape index (κ1) is 12.9. The Bertz CT molecular complexity index is 462. The van der Waals surface area contributed by atoms with Crippen LogP contribution in [-0.4, -0.2) is 28.8 Å². The van der Waals surface area contributed by atoms with E-state index in [4.69, 9.17) is 0 Å². The zero-order valence-corrected chi connectivity index (χ0v) is 12.0. The zero-order valence-electron chi connectivity index (χ0n) is 12.0. The van der Waals surface area contributed by atoms with E-state index in [1.165, 1.54) is 24.1 Å². The van der Waals surface area contributed by atoms with Crippen molar-refractivity contribution < 1.29 is 5.11 Å². The van der Waals surface area contributed by atoms with E-state index < -0.39 is 5.60 Å². The Morgan fingerprint density at radius 1 is 1.47 bits per heavy atom. The molecule has 1 saturated heterocycles. The fourth-order valence-corrected chi connectivity index (χ4v) is 4.08. The molecule has 1 aromatic heterocycles. The van der Waals surface area contributed by atoms with E-state index in [-0.39, 0.29) is 0 Å². The summed E-state index contributed by atoms with van der Waals surface area (Å²) in [6.07, 6.45) is 8.12. The molecule has 0 unspecified atom stereocenters. The Morgan fingerprint density at radius 2 is 2.32 bits per heavy atom. The molecule has 3 heteroatoms. The molecule has 3 nitrogen and oxygen atoms in total. The summed E-state index contributed by atoms with van der Waals surface area (Å²) < 4.78 is 0. The van der Waals surface area contributed by atoms with Crippen LogP contribution in [0.5, 0.6) is 0 Å². The highest BCUT2D eigenvalue weighted by Crippen LogP contribution is 2.45.